The largest absolute Gasteiger partial charge is 0.311 e. The van der Waals surface area contributed by atoms with Crippen LogP contribution in [0.5, 0.6) is 0 Å². The molecule has 1 unspecified atom stereocenters. The summed E-state index contributed by atoms with van der Waals surface area (Å²) >= 11 is 3.48. The van der Waals surface area contributed by atoms with E-state index in [0.29, 0.717) is 5.25 Å². The van der Waals surface area contributed by atoms with E-state index in [0.717, 1.165) is 18.2 Å². The Balaban J connectivity index is 1.69. The van der Waals surface area contributed by atoms with Crippen LogP contribution in [-0.2, 0) is 6.54 Å². The Labute approximate surface area is 110 Å². The zero-order valence-corrected chi connectivity index (χ0v) is 11.3. The molecule has 0 saturated heterocycles. The predicted octanol–water partition coefficient (Wildman–Crippen LogP) is 2.81. The van der Waals surface area contributed by atoms with E-state index in [2.05, 4.69) is 39.7 Å². The maximum absolute atomic E-state index is 4.20. The number of thiophene rings is 1. The summed E-state index contributed by atoms with van der Waals surface area (Å²) in [7, 11) is 0. The average molecular weight is 265 g/mol. The third kappa shape index (κ3) is 4.46. The summed E-state index contributed by atoms with van der Waals surface area (Å²) in [6.07, 6.45) is 3.56. The van der Waals surface area contributed by atoms with Crippen LogP contribution in [-0.4, -0.2) is 21.8 Å². The van der Waals surface area contributed by atoms with Gasteiger partial charge in [-0.2, -0.15) is 0 Å². The molecule has 2 heterocycles. The Bertz CT molecular complexity index is 417. The maximum atomic E-state index is 4.20. The Morgan fingerprint density at radius 1 is 1.35 bits per heavy atom. The van der Waals surface area contributed by atoms with Gasteiger partial charge in [-0.1, -0.05) is 24.8 Å². The number of nitrogens with one attached hydrogen (secondary N) is 1. The predicted molar refractivity (Wildman–Crippen MR) is 73.4 cm³/mol. The van der Waals surface area contributed by atoms with Gasteiger partial charge in [0, 0.05) is 35.6 Å². The van der Waals surface area contributed by atoms with Crippen LogP contribution in [0.1, 0.15) is 11.8 Å². The van der Waals surface area contributed by atoms with Crippen molar-refractivity contribution < 1.29 is 0 Å². The highest BCUT2D eigenvalue weighted by Crippen LogP contribution is 2.17. The van der Waals surface area contributed by atoms with Gasteiger partial charge in [0.05, 0.1) is 0 Å². The SMILES string of the molecule is CC(CNCc1cccs1)Sc1ncccn1. The van der Waals surface area contributed by atoms with Crippen LogP contribution in [0.25, 0.3) is 0 Å². The van der Waals surface area contributed by atoms with Crippen molar-refractivity contribution >= 4 is 23.1 Å². The Morgan fingerprint density at radius 3 is 2.88 bits per heavy atom. The fourth-order valence-corrected chi connectivity index (χ4v) is 2.86. The Hall–Kier alpha value is -0.910. The molecule has 0 saturated carbocycles. The molecule has 0 aliphatic rings. The smallest absolute Gasteiger partial charge is 0.187 e. The van der Waals surface area contributed by atoms with Crippen LogP contribution in [0, 0.1) is 0 Å². The molecule has 17 heavy (non-hydrogen) atoms. The molecule has 3 nitrogen and oxygen atoms in total. The fourth-order valence-electron chi connectivity index (χ4n) is 1.38. The van der Waals surface area contributed by atoms with Crippen LogP contribution >= 0.6 is 23.1 Å². The molecule has 0 aliphatic heterocycles. The minimum Gasteiger partial charge on any atom is -0.311 e. The van der Waals surface area contributed by atoms with E-state index in [1.807, 2.05) is 6.07 Å². The first-order chi connectivity index (χ1) is 8.34. The minimum absolute atomic E-state index is 0.470. The van der Waals surface area contributed by atoms with Crippen LogP contribution in [0.2, 0.25) is 0 Å². The number of rotatable bonds is 6. The molecule has 0 aromatic carbocycles. The first kappa shape index (κ1) is 12.5. The Morgan fingerprint density at radius 2 is 2.18 bits per heavy atom. The molecule has 2 aromatic heterocycles. The molecule has 0 amide bonds. The van der Waals surface area contributed by atoms with Gasteiger partial charge >= 0.3 is 0 Å². The lowest BCUT2D eigenvalue weighted by Gasteiger charge is -2.10. The molecule has 0 aliphatic carbocycles. The number of thioether (sulfide) groups is 1. The van der Waals surface area contributed by atoms with Crippen molar-refractivity contribution in [1.29, 1.82) is 0 Å². The third-order valence-corrected chi connectivity index (χ3v) is 4.03. The monoisotopic (exact) mass is 265 g/mol. The number of hydrogen-bond acceptors (Lipinski definition) is 5. The van der Waals surface area contributed by atoms with Gasteiger partial charge in [-0.25, -0.2) is 9.97 Å². The first-order valence-corrected chi connectivity index (χ1v) is 7.27. The molecule has 0 radical (unpaired) electrons. The lowest BCUT2D eigenvalue weighted by Crippen LogP contribution is -2.22. The van der Waals surface area contributed by atoms with Crippen molar-refractivity contribution in [3.05, 3.63) is 40.8 Å². The number of hydrogen-bond donors (Lipinski definition) is 1. The van der Waals surface area contributed by atoms with Crippen molar-refractivity contribution in [2.24, 2.45) is 0 Å². The molecule has 0 bridgehead atoms. The van der Waals surface area contributed by atoms with Crippen LogP contribution in [0.15, 0.2) is 41.1 Å². The summed E-state index contributed by atoms with van der Waals surface area (Å²) in [6.45, 7) is 4.08. The lowest BCUT2D eigenvalue weighted by molar-refractivity contribution is 0.689. The van der Waals surface area contributed by atoms with Crippen molar-refractivity contribution in [2.45, 2.75) is 23.9 Å². The third-order valence-electron chi connectivity index (χ3n) is 2.16. The van der Waals surface area contributed by atoms with E-state index in [-0.39, 0.29) is 0 Å². The molecule has 2 rings (SSSR count). The van der Waals surface area contributed by atoms with Crippen molar-refractivity contribution in [3.8, 4) is 0 Å². The number of nitrogens with zero attached hydrogens (tertiary/aromatic N) is 2. The molecule has 1 atom stereocenters. The lowest BCUT2D eigenvalue weighted by atomic mass is 10.4. The molecule has 90 valence electrons. The van der Waals surface area contributed by atoms with E-state index in [1.165, 1.54) is 4.88 Å². The molecule has 0 fully saturated rings. The van der Waals surface area contributed by atoms with Crippen LogP contribution < -0.4 is 5.32 Å². The van der Waals surface area contributed by atoms with E-state index in [1.54, 1.807) is 35.5 Å². The topological polar surface area (TPSA) is 37.8 Å². The molecular formula is C12H15N3S2. The second kappa shape index (κ2) is 6.74. The average Bonchev–Trinajstić information content (AvgIpc) is 2.83. The van der Waals surface area contributed by atoms with Crippen LogP contribution in [0.3, 0.4) is 0 Å². The summed E-state index contributed by atoms with van der Waals surface area (Å²) in [6, 6.07) is 6.07. The highest BCUT2D eigenvalue weighted by molar-refractivity contribution is 7.99. The zero-order valence-electron chi connectivity index (χ0n) is 9.67. The van der Waals surface area contributed by atoms with Gasteiger partial charge in [-0.3, -0.25) is 0 Å². The van der Waals surface area contributed by atoms with Crippen molar-refractivity contribution in [2.75, 3.05) is 6.54 Å². The molecule has 2 aromatic rings. The second-order valence-electron chi connectivity index (χ2n) is 3.67. The first-order valence-electron chi connectivity index (χ1n) is 5.51. The van der Waals surface area contributed by atoms with E-state index < -0.39 is 0 Å². The van der Waals surface area contributed by atoms with Crippen LogP contribution in [0.4, 0.5) is 0 Å². The van der Waals surface area contributed by atoms with Gasteiger partial charge in [0.2, 0.25) is 0 Å². The summed E-state index contributed by atoms with van der Waals surface area (Å²) in [5.41, 5.74) is 0. The summed E-state index contributed by atoms with van der Waals surface area (Å²) in [4.78, 5) is 9.78. The quantitative estimate of drug-likeness (QED) is 0.644. The zero-order chi connectivity index (χ0) is 11.9. The van der Waals surface area contributed by atoms with Gasteiger partial charge < -0.3 is 5.32 Å². The van der Waals surface area contributed by atoms with Gasteiger partial charge in [-0.05, 0) is 17.5 Å². The summed E-state index contributed by atoms with van der Waals surface area (Å²) in [5, 5.41) is 6.86. The molecular weight excluding hydrogens is 250 g/mol. The van der Waals surface area contributed by atoms with Crippen molar-refractivity contribution in [1.82, 2.24) is 15.3 Å². The number of aromatic nitrogens is 2. The fraction of sp³-hybridized carbons (Fsp3) is 0.333. The van der Waals surface area contributed by atoms with E-state index in [9.17, 15) is 0 Å². The van der Waals surface area contributed by atoms with E-state index >= 15 is 0 Å². The summed E-state index contributed by atoms with van der Waals surface area (Å²) in [5.74, 6) is 0. The standard InChI is InChI=1S/C12H15N3S2/c1-10(17-12-14-5-3-6-15-12)8-13-9-11-4-2-7-16-11/h2-7,10,13H,8-9H2,1H3. The maximum Gasteiger partial charge on any atom is 0.187 e. The van der Waals surface area contributed by atoms with Gasteiger partial charge in [0.25, 0.3) is 0 Å². The summed E-state index contributed by atoms with van der Waals surface area (Å²) < 4.78 is 0. The highest BCUT2D eigenvalue weighted by Gasteiger charge is 2.05. The van der Waals surface area contributed by atoms with Gasteiger partial charge in [0.15, 0.2) is 5.16 Å². The minimum atomic E-state index is 0.470. The normalized spacial score (nSPS) is 12.5. The van der Waals surface area contributed by atoms with Crippen molar-refractivity contribution in [3.63, 3.8) is 0 Å². The Kier molecular flexibility index (Phi) is 4.97. The van der Waals surface area contributed by atoms with Gasteiger partial charge in [-0.15, -0.1) is 11.3 Å². The molecule has 0 spiro atoms. The second-order valence-corrected chi connectivity index (χ2v) is 6.11. The van der Waals surface area contributed by atoms with E-state index in [4.69, 9.17) is 0 Å². The van der Waals surface area contributed by atoms with Gasteiger partial charge in [0.1, 0.15) is 0 Å². The molecule has 5 heteroatoms. The highest BCUT2D eigenvalue weighted by atomic mass is 32.2. The molecule has 1 N–H and O–H groups in total.